The van der Waals surface area contributed by atoms with Crippen LogP contribution >= 0.6 is 11.9 Å². The molecule has 1 rings (SSSR count). The molecule has 0 aliphatic carbocycles. The van der Waals surface area contributed by atoms with Gasteiger partial charge in [0, 0.05) is 24.9 Å². The molecular weight excluding hydrogens is 144 g/mol. The molecule has 1 atom stereocenters. The fourth-order valence-electron chi connectivity index (χ4n) is 1.27. The molecule has 0 aromatic rings. The Labute approximate surface area is 67.3 Å². The Morgan fingerprint density at radius 2 is 2.50 bits per heavy atom. The van der Waals surface area contributed by atoms with Gasteiger partial charge in [0.2, 0.25) is 0 Å². The molecule has 1 aliphatic rings. The summed E-state index contributed by atoms with van der Waals surface area (Å²) in [5, 5.41) is 0. The molecule has 1 fully saturated rings. The summed E-state index contributed by atoms with van der Waals surface area (Å²) in [6, 6.07) is 0.424. The standard InChI is InChI=1S/C7H16N2S/c1-2-10-9-5-3-4-7(8)6-9/h7H,2-6,8H2,1H3. The summed E-state index contributed by atoms with van der Waals surface area (Å²) in [6.07, 6.45) is 2.48. The lowest BCUT2D eigenvalue weighted by Crippen LogP contribution is -2.39. The van der Waals surface area contributed by atoms with Gasteiger partial charge in [-0.2, -0.15) is 0 Å². The molecule has 3 heteroatoms. The van der Waals surface area contributed by atoms with Gasteiger partial charge >= 0.3 is 0 Å². The molecule has 0 radical (unpaired) electrons. The van der Waals surface area contributed by atoms with Crippen LogP contribution in [0.4, 0.5) is 0 Å². The van der Waals surface area contributed by atoms with Crippen LogP contribution in [0.5, 0.6) is 0 Å². The first-order valence-corrected chi connectivity index (χ1v) is 4.90. The van der Waals surface area contributed by atoms with E-state index in [9.17, 15) is 0 Å². The van der Waals surface area contributed by atoms with Gasteiger partial charge in [-0.05, 0) is 12.8 Å². The van der Waals surface area contributed by atoms with Crippen LogP contribution in [-0.2, 0) is 0 Å². The number of nitrogens with two attached hydrogens (primary N) is 1. The minimum atomic E-state index is 0.424. The van der Waals surface area contributed by atoms with Gasteiger partial charge < -0.3 is 5.73 Å². The Bertz CT molecular complexity index is 95.6. The second kappa shape index (κ2) is 4.21. The predicted molar refractivity (Wildman–Crippen MR) is 46.9 cm³/mol. The van der Waals surface area contributed by atoms with Crippen molar-refractivity contribution >= 4 is 11.9 Å². The zero-order chi connectivity index (χ0) is 7.40. The molecule has 1 aliphatic heterocycles. The molecule has 0 bridgehead atoms. The summed E-state index contributed by atoms with van der Waals surface area (Å²) in [5.41, 5.74) is 5.80. The van der Waals surface area contributed by atoms with Crippen molar-refractivity contribution in [3.05, 3.63) is 0 Å². The Morgan fingerprint density at radius 3 is 3.10 bits per heavy atom. The van der Waals surface area contributed by atoms with Crippen molar-refractivity contribution in [3.63, 3.8) is 0 Å². The van der Waals surface area contributed by atoms with Crippen LogP contribution in [0.25, 0.3) is 0 Å². The lowest BCUT2D eigenvalue weighted by Gasteiger charge is -2.28. The molecule has 1 unspecified atom stereocenters. The maximum Gasteiger partial charge on any atom is 0.0241 e. The SMILES string of the molecule is CCSN1CCCC(N)C1. The number of rotatable bonds is 2. The molecule has 0 saturated carbocycles. The van der Waals surface area contributed by atoms with Crippen molar-refractivity contribution in [3.8, 4) is 0 Å². The van der Waals surface area contributed by atoms with Gasteiger partial charge in [0.1, 0.15) is 0 Å². The van der Waals surface area contributed by atoms with E-state index in [4.69, 9.17) is 5.73 Å². The number of nitrogens with zero attached hydrogens (tertiary/aromatic N) is 1. The normalized spacial score (nSPS) is 28.8. The van der Waals surface area contributed by atoms with Crippen LogP contribution < -0.4 is 5.73 Å². The smallest absolute Gasteiger partial charge is 0.0241 e. The molecule has 60 valence electrons. The largest absolute Gasteiger partial charge is 0.327 e. The Morgan fingerprint density at radius 1 is 1.70 bits per heavy atom. The van der Waals surface area contributed by atoms with E-state index in [0.29, 0.717) is 6.04 Å². The first kappa shape index (κ1) is 8.37. The van der Waals surface area contributed by atoms with E-state index in [-0.39, 0.29) is 0 Å². The van der Waals surface area contributed by atoms with E-state index in [1.807, 2.05) is 11.9 Å². The van der Waals surface area contributed by atoms with E-state index in [2.05, 4.69) is 11.2 Å². The maximum absolute atomic E-state index is 5.80. The Kier molecular flexibility index (Phi) is 3.52. The molecule has 1 saturated heterocycles. The van der Waals surface area contributed by atoms with Crippen LogP contribution in [-0.4, -0.2) is 29.2 Å². The second-order valence-corrected chi connectivity index (χ2v) is 4.06. The monoisotopic (exact) mass is 160 g/mol. The van der Waals surface area contributed by atoms with Gasteiger partial charge in [-0.25, -0.2) is 4.31 Å². The van der Waals surface area contributed by atoms with Crippen LogP contribution in [0.1, 0.15) is 19.8 Å². The highest BCUT2D eigenvalue weighted by Crippen LogP contribution is 2.16. The molecule has 1 heterocycles. The third-order valence-electron chi connectivity index (χ3n) is 1.73. The van der Waals surface area contributed by atoms with E-state index >= 15 is 0 Å². The summed E-state index contributed by atoms with van der Waals surface area (Å²) in [7, 11) is 0. The summed E-state index contributed by atoms with van der Waals surface area (Å²) >= 11 is 1.91. The first-order valence-electron chi connectivity index (χ1n) is 3.96. The van der Waals surface area contributed by atoms with E-state index < -0.39 is 0 Å². The van der Waals surface area contributed by atoms with Crippen molar-refractivity contribution in [2.75, 3.05) is 18.8 Å². The minimum absolute atomic E-state index is 0.424. The van der Waals surface area contributed by atoms with Crippen molar-refractivity contribution < 1.29 is 0 Å². The molecule has 10 heavy (non-hydrogen) atoms. The average molecular weight is 160 g/mol. The molecule has 2 N–H and O–H groups in total. The summed E-state index contributed by atoms with van der Waals surface area (Å²) in [5.74, 6) is 1.17. The summed E-state index contributed by atoms with van der Waals surface area (Å²) < 4.78 is 2.38. The van der Waals surface area contributed by atoms with Crippen molar-refractivity contribution in [2.45, 2.75) is 25.8 Å². The lowest BCUT2D eigenvalue weighted by molar-refractivity contribution is 0.343. The quantitative estimate of drug-likeness (QED) is 0.613. The molecule has 0 spiro atoms. The number of hydrogen-bond acceptors (Lipinski definition) is 3. The molecule has 0 aromatic carbocycles. The fraction of sp³-hybridized carbons (Fsp3) is 1.00. The van der Waals surface area contributed by atoms with E-state index in [0.717, 1.165) is 6.54 Å². The van der Waals surface area contributed by atoms with E-state index in [1.165, 1.54) is 25.1 Å². The van der Waals surface area contributed by atoms with Crippen molar-refractivity contribution in [1.29, 1.82) is 0 Å². The average Bonchev–Trinajstić information content (AvgIpc) is 1.88. The number of hydrogen-bond donors (Lipinski definition) is 1. The summed E-state index contributed by atoms with van der Waals surface area (Å²) in [6.45, 7) is 4.50. The van der Waals surface area contributed by atoms with Gasteiger partial charge in [0.15, 0.2) is 0 Å². The first-order chi connectivity index (χ1) is 4.83. The van der Waals surface area contributed by atoms with Gasteiger partial charge in [-0.15, -0.1) is 0 Å². The van der Waals surface area contributed by atoms with Crippen LogP contribution in [0.3, 0.4) is 0 Å². The Hall–Kier alpha value is 0.270. The Balaban J connectivity index is 2.18. The van der Waals surface area contributed by atoms with Crippen molar-refractivity contribution in [1.82, 2.24) is 4.31 Å². The van der Waals surface area contributed by atoms with Crippen LogP contribution in [0.2, 0.25) is 0 Å². The van der Waals surface area contributed by atoms with E-state index in [1.54, 1.807) is 0 Å². The molecule has 0 amide bonds. The highest BCUT2D eigenvalue weighted by molar-refractivity contribution is 7.96. The maximum atomic E-state index is 5.80. The summed E-state index contributed by atoms with van der Waals surface area (Å²) in [4.78, 5) is 0. The third kappa shape index (κ3) is 2.48. The number of piperidine rings is 1. The van der Waals surface area contributed by atoms with Crippen LogP contribution in [0, 0.1) is 0 Å². The zero-order valence-electron chi connectivity index (χ0n) is 6.55. The topological polar surface area (TPSA) is 29.3 Å². The lowest BCUT2D eigenvalue weighted by atomic mass is 10.1. The van der Waals surface area contributed by atoms with Gasteiger partial charge in [-0.3, -0.25) is 0 Å². The van der Waals surface area contributed by atoms with Gasteiger partial charge in [-0.1, -0.05) is 18.9 Å². The highest BCUT2D eigenvalue weighted by atomic mass is 32.2. The minimum Gasteiger partial charge on any atom is -0.327 e. The third-order valence-corrected chi connectivity index (χ3v) is 2.69. The predicted octanol–water partition coefficient (Wildman–Crippen LogP) is 1.08. The van der Waals surface area contributed by atoms with Crippen molar-refractivity contribution in [2.24, 2.45) is 5.73 Å². The van der Waals surface area contributed by atoms with Gasteiger partial charge in [0.05, 0.1) is 0 Å². The zero-order valence-corrected chi connectivity index (χ0v) is 7.36. The molecule has 0 aromatic heterocycles. The molecular formula is C7H16N2S. The van der Waals surface area contributed by atoms with Crippen LogP contribution in [0.15, 0.2) is 0 Å². The van der Waals surface area contributed by atoms with Gasteiger partial charge in [0.25, 0.3) is 0 Å². The highest BCUT2D eigenvalue weighted by Gasteiger charge is 2.15. The molecule has 2 nitrogen and oxygen atoms in total. The fourth-order valence-corrected chi connectivity index (χ4v) is 2.19. The second-order valence-electron chi connectivity index (χ2n) is 2.71.